The van der Waals surface area contributed by atoms with E-state index in [0.29, 0.717) is 22.4 Å². The molecule has 3 rings (SSSR count). The topological polar surface area (TPSA) is 130 Å². The maximum Gasteiger partial charge on any atom is 0.488 e. The Kier molecular flexibility index (Phi) is 6.19. The van der Waals surface area contributed by atoms with E-state index in [2.05, 4.69) is 15.6 Å². The number of hydrogen-bond acceptors (Lipinski definition) is 7. The highest BCUT2D eigenvalue weighted by Gasteiger charge is 2.18. The summed E-state index contributed by atoms with van der Waals surface area (Å²) >= 11 is 0. The van der Waals surface area contributed by atoms with Crippen LogP contribution in [0.2, 0.25) is 0 Å². The molecule has 0 unspecified atom stereocenters. The monoisotopic (exact) mass is 409 g/mol. The average Bonchev–Trinajstić information content (AvgIpc) is 2.76. The summed E-state index contributed by atoms with van der Waals surface area (Å²) in [5, 5.41) is 24.8. The minimum atomic E-state index is -1.81. The number of ether oxygens (including phenoxy) is 2. The summed E-state index contributed by atoms with van der Waals surface area (Å²) in [7, 11) is 2.66. The molecule has 0 aliphatic rings. The van der Waals surface area contributed by atoms with Crippen LogP contribution in [0.5, 0.6) is 11.5 Å². The number of fused-ring (bicyclic) bond motifs is 1. The highest BCUT2D eigenvalue weighted by molar-refractivity contribution is 6.58. The van der Waals surface area contributed by atoms with Crippen molar-refractivity contribution in [1.82, 2.24) is 10.3 Å². The number of rotatable bonds is 6. The molecule has 0 spiro atoms. The summed E-state index contributed by atoms with van der Waals surface area (Å²) in [6.07, 6.45) is 0. The zero-order chi connectivity index (χ0) is 21.8. The molecule has 2 amide bonds. The Hall–Kier alpha value is -3.63. The summed E-state index contributed by atoms with van der Waals surface area (Å²) in [5.74, 6) is 0.0314. The van der Waals surface area contributed by atoms with Crippen molar-refractivity contribution < 1.29 is 29.1 Å². The lowest BCUT2D eigenvalue weighted by atomic mass is 9.79. The first kappa shape index (κ1) is 21.1. The zero-order valence-electron chi connectivity index (χ0n) is 16.6. The molecule has 4 N–H and O–H groups in total. The molecule has 1 aromatic heterocycles. The average molecular weight is 409 g/mol. The summed E-state index contributed by atoms with van der Waals surface area (Å²) in [6.45, 7) is 0. The quantitative estimate of drug-likeness (QED) is 0.438. The largest absolute Gasteiger partial charge is 0.497 e. The maximum atomic E-state index is 12.8. The molecule has 0 saturated carbocycles. The van der Waals surface area contributed by atoms with E-state index in [1.165, 1.54) is 45.5 Å². The van der Waals surface area contributed by atoms with E-state index in [4.69, 9.17) is 9.47 Å². The van der Waals surface area contributed by atoms with Crippen LogP contribution in [0, 0.1) is 0 Å². The number of pyridine rings is 1. The standard InChI is InChI=1S/C20H20BN3O6/c1-22-19(25)11-6-12(21(27)28)8-13(7-11)23-20(26)17-10-18(30-3)15-5-4-14(29-2)9-16(15)24-17/h4-10,27-28H,1-3H3,(H,22,25)(H,23,26). The molecule has 0 saturated heterocycles. The first-order chi connectivity index (χ1) is 14.4. The second-order valence-corrected chi connectivity index (χ2v) is 6.34. The van der Waals surface area contributed by atoms with Gasteiger partial charge in [0.15, 0.2) is 0 Å². The lowest BCUT2D eigenvalue weighted by Gasteiger charge is -2.12. The first-order valence-electron chi connectivity index (χ1n) is 8.93. The van der Waals surface area contributed by atoms with Crippen molar-refractivity contribution in [2.24, 2.45) is 0 Å². The molecule has 0 aliphatic heterocycles. The van der Waals surface area contributed by atoms with Crippen LogP contribution in [0.25, 0.3) is 10.9 Å². The number of benzene rings is 2. The zero-order valence-corrected chi connectivity index (χ0v) is 16.6. The van der Waals surface area contributed by atoms with Gasteiger partial charge in [-0.15, -0.1) is 0 Å². The molecule has 9 nitrogen and oxygen atoms in total. The molecule has 10 heteroatoms. The summed E-state index contributed by atoms with van der Waals surface area (Å²) in [4.78, 5) is 29.2. The molecule has 2 aromatic carbocycles. The molecular weight excluding hydrogens is 389 g/mol. The van der Waals surface area contributed by atoms with Crippen LogP contribution in [0.4, 0.5) is 5.69 Å². The number of nitrogens with zero attached hydrogens (tertiary/aromatic N) is 1. The summed E-state index contributed by atoms with van der Waals surface area (Å²) in [6, 6.07) is 10.8. The van der Waals surface area contributed by atoms with E-state index in [1.807, 2.05) is 0 Å². The number of hydrogen-bond donors (Lipinski definition) is 4. The SMILES string of the molecule is CNC(=O)c1cc(NC(=O)c2cc(OC)c3ccc(OC)cc3n2)cc(B(O)O)c1. The Labute approximate surface area is 172 Å². The minimum absolute atomic E-state index is 0.0557. The molecule has 0 bridgehead atoms. The maximum absolute atomic E-state index is 12.8. The van der Waals surface area contributed by atoms with Crippen LogP contribution in [0.1, 0.15) is 20.8 Å². The third kappa shape index (κ3) is 4.34. The fraction of sp³-hybridized carbons (Fsp3) is 0.150. The molecular formula is C20H20BN3O6. The Morgan fingerprint density at radius 3 is 2.40 bits per heavy atom. The minimum Gasteiger partial charge on any atom is -0.497 e. The van der Waals surface area contributed by atoms with E-state index in [0.717, 1.165) is 0 Å². The van der Waals surface area contributed by atoms with Gasteiger partial charge in [0.25, 0.3) is 11.8 Å². The van der Waals surface area contributed by atoms with Gasteiger partial charge in [-0.25, -0.2) is 4.98 Å². The number of aromatic nitrogens is 1. The fourth-order valence-electron chi connectivity index (χ4n) is 2.93. The highest BCUT2D eigenvalue weighted by Crippen LogP contribution is 2.28. The lowest BCUT2D eigenvalue weighted by molar-refractivity contribution is 0.0961. The number of carbonyl (C=O) groups excluding carboxylic acids is 2. The second kappa shape index (κ2) is 8.81. The van der Waals surface area contributed by atoms with Gasteiger partial charge in [-0.3, -0.25) is 9.59 Å². The van der Waals surface area contributed by atoms with Crippen LogP contribution in [0.15, 0.2) is 42.5 Å². The van der Waals surface area contributed by atoms with Gasteiger partial charge >= 0.3 is 7.12 Å². The first-order valence-corrected chi connectivity index (χ1v) is 8.93. The van der Waals surface area contributed by atoms with E-state index < -0.39 is 18.9 Å². The van der Waals surface area contributed by atoms with Gasteiger partial charge in [-0.1, -0.05) is 0 Å². The van der Waals surface area contributed by atoms with Gasteiger partial charge in [-0.2, -0.15) is 0 Å². The van der Waals surface area contributed by atoms with Crippen molar-refractivity contribution in [3.8, 4) is 11.5 Å². The number of amides is 2. The van der Waals surface area contributed by atoms with Crippen LogP contribution >= 0.6 is 0 Å². The van der Waals surface area contributed by atoms with Gasteiger partial charge in [0.1, 0.15) is 17.2 Å². The third-order valence-corrected chi connectivity index (χ3v) is 4.43. The van der Waals surface area contributed by atoms with Crippen molar-refractivity contribution in [3.05, 3.63) is 53.7 Å². The molecule has 0 aliphatic carbocycles. The van der Waals surface area contributed by atoms with E-state index in [-0.39, 0.29) is 22.4 Å². The molecule has 1 heterocycles. The van der Waals surface area contributed by atoms with Gasteiger partial charge in [-0.05, 0) is 35.8 Å². The third-order valence-electron chi connectivity index (χ3n) is 4.43. The number of methoxy groups -OCH3 is 2. The smallest absolute Gasteiger partial charge is 0.488 e. The summed E-state index contributed by atoms with van der Waals surface area (Å²) in [5.41, 5.74) is 0.997. The number of anilines is 1. The predicted octanol–water partition coefficient (Wildman–Crippen LogP) is 0.544. The van der Waals surface area contributed by atoms with Gasteiger partial charge in [0.05, 0.1) is 19.7 Å². The van der Waals surface area contributed by atoms with E-state index >= 15 is 0 Å². The molecule has 154 valence electrons. The van der Waals surface area contributed by atoms with Crippen molar-refractivity contribution >= 4 is 41.0 Å². The Balaban J connectivity index is 2.00. The van der Waals surface area contributed by atoms with Gasteiger partial charge < -0.3 is 30.2 Å². The van der Waals surface area contributed by atoms with Crippen molar-refractivity contribution in [2.45, 2.75) is 0 Å². The molecule has 0 fully saturated rings. The van der Waals surface area contributed by atoms with Crippen molar-refractivity contribution in [2.75, 3.05) is 26.6 Å². The fourth-order valence-corrected chi connectivity index (χ4v) is 2.93. The predicted molar refractivity (Wildman–Crippen MR) is 112 cm³/mol. The van der Waals surface area contributed by atoms with Gasteiger partial charge in [0.2, 0.25) is 0 Å². The molecule has 0 radical (unpaired) electrons. The normalized spacial score (nSPS) is 10.4. The highest BCUT2D eigenvalue weighted by atomic mass is 16.5. The Morgan fingerprint density at radius 2 is 1.77 bits per heavy atom. The van der Waals surface area contributed by atoms with Crippen LogP contribution in [-0.2, 0) is 0 Å². The lowest BCUT2D eigenvalue weighted by Crippen LogP contribution is -2.32. The molecule has 3 aromatic rings. The second-order valence-electron chi connectivity index (χ2n) is 6.34. The van der Waals surface area contributed by atoms with Crippen LogP contribution in [-0.4, -0.2) is 55.2 Å². The summed E-state index contributed by atoms with van der Waals surface area (Å²) < 4.78 is 10.6. The van der Waals surface area contributed by atoms with Crippen molar-refractivity contribution in [3.63, 3.8) is 0 Å². The van der Waals surface area contributed by atoms with Crippen LogP contribution in [0.3, 0.4) is 0 Å². The Bertz CT molecular complexity index is 1120. The van der Waals surface area contributed by atoms with Crippen molar-refractivity contribution in [1.29, 1.82) is 0 Å². The molecule has 30 heavy (non-hydrogen) atoms. The number of carbonyl (C=O) groups is 2. The van der Waals surface area contributed by atoms with Crippen LogP contribution < -0.4 is 25.6 Å². The van der Waals surface area contributed by atoms with Gasteiger partial charge in [0, 0.05) is 35.8 Å². The Morgan fingerprint density at radius 1 is 1.00 bits per heavy atom. The number of nitrogens with one attached hydrogen (secondary N) is 2. The molecule has 0 atom stereocenters. The van der Waals surface area contributed by atoms with E-state index in [1.54, 1.807) is 18.2 Å². The van der Waals surface area contributed by atoms with E-state index in [9.17, 15) is 19.6 Å².